The highest BCUT2D eigenvalue weighted by Gasteiger charge is 2.35. The number of carbonyl (C=O) groups is 2. The van der Waals surface area contributed by atoms with E-state index < -0.39 is 0 Å². The van der Waals surface area contributed by atoms with Crippen LogP contribution < -0.4 is 0 Å². The van der Waals surface area contributed by atoms with E-state index in [1.165, 1.54) is 25.7 Å². The Morgan fingerprint density at radius 3 is 2.60 bits per heavy atom. The Balaban J connectivity index is 2.58. The number of rotatable bonds is 8. The molecule has 0 aromatic carbocycles. The largest absolute Gasteiger partial charge is 0.466 e. The van der Waals surface area contributed by atoms with E-state index in [4.69, 9.17) is 4.74 Å². The van der Waals surface area contributed by atoms with Gasteiger partial charge >= 0.3 is 5.97 Å². The second-order valence-electron chi connectivity index (χ2n) is 5.75. The number of unbranched alkanes of at least 4 members (excludes halogenated alkanes) is 4. The molecule has 1 aliphatic rings. The van der Waals surface area contributed by atoms with Crippen LogP contribution in [-0.4, -0.2) is 18.4 Å². The molecule has 1 aliphatic carbocycles. The topological polar surface area (TPSA) is 43.4 Å². The van der Waals surface area contributed by atoms with Crippen molar-refractivity contribution in [1.82, 2.24) is 0 Å². The third kappa shape index (κ3) is 5.10. The molecule has 0 radical (unpaired) electrons. The van der Waals surface area contributed by atoms with Gasteiger partial charge in [0, 0.05) is 6.42 Å². The molecule has 0 spiro atoms. The standard InChI is InChI=1S/C17H28O3/c1-4-6-7-8-9-10-14-12-15(18)11-13(3)16(14)17(19)20-5-2/h11,14,16H,4-10,12H2,1-3H3/t14-,16+/m1/s1. The van der Waals surface area contributed by atoms with Crippen molar-refractivity contribution in [2.75, 3.05) is 6.61 Å². The van der Waals surface area contributed by atoms with Gasteiger partial charge in [0.2, 0.25) is 0 Å². The number of carbonyl (C=O) groups excluding carboxylic acids is 2. The van der Waals surface area contributed by atoms with Crippen LogP contribution in [0.25, 0.3) is 0 Å². The summed E-state index contributed by atoms with van der Waals surface area (Å²) in [6.45, 7) is 6.30. The second kappa shape index (κ2) is 8.93. The van der Waals surface area contributed by atoms with Gasteiger partial charge in [-0.25, -0.2) is 0 Å². The quantitative estimate of drug-likeness (QED) is 0.497. The van der Waals surface area contributed by atoms with Gasteiger partial charge in [0.15, 0.2) is 5.78 Å². The van der Waals surface area contributed by atoms with Crippen LogP contribution in [0.15, 0.2) is 11.6 Å². The van der Waals surface area contributed by atoms with Gasteiger partial charge in [-0.05, 0) is 32.3 Å². The lowest BCUT2D eigenvalue weighted by Crippen LogP contribution is -2.32. The molecule has 0 aliphatic heterocycles. The highest BCUT2D eigenvalue weighted by atomic mass is 16.5. The molecule has 3 heteroatoms. The highest BCUT2D eigenvalue weighted by Crippen LogP contribution is 2.33. The van der Waals surface area contributed by atoms with Crippen LogP contribution in [0.3, 0.4) is 0 Å². The molecule has 0 aromatic rings. The Hall–Kier alpha value is -1.12. The molecular formula is C17H28O3. The van der Waals surface area contributed by atoms with Gasteiger partial charge in [0.05, 0.1) is 12.5 Å². The number of allylic oxidation sites excluding steroid dienone is 1. The number of ether oxygens (including phenoxy) is 1. The summed E-state index contributed by atoms with van der Waals surface area (Å²) in [7, 11) is 0. The van der Waals surface area contributed by atoms with E-state index in [1.807, 2.05) is 13.8 Å². The summed E-state index contributed by atoms with van der Waals surface area (Å²) in [5.41, 5.74) is 0.873. The zero-order valence-corrected chi connectivity index (χ0v) is 13.1. The Bertz CT molecular complexity index is 357. The van der Waals surface area contributed by atoms with Crippen LogP contribution in [0.5, 0.6) is 0 Å². The molecule has 0 N–H and O–H groups in total. The fourth-order valence-electron chi connectivity index (χ4n) is 3.04. The molecule has 0 bridgehead atoms. The van der Waals surface area contributed by atoms with Crippen molar-refractivity contribution < 1.29 is 14.3 Å². The van der Waals surface area contributed by atoms with E-state index in [9.17, 15) is 9.59 Å². The molecule has 20 heavy (non-hydrogen) atoms. The summed E-state index contributed by atoms with van der Waals surface area (Å²) in [6, 6.07) is 0. The van der Waals surface area contributed by atoms with E-state index in [-0.39, 0.29) is 23.6 Å². The second-order valence-corrected chi connectivity index (χ2v) is 5.75. The third-order valence-electron chi connectivity index (χ3n) is 4.03. The minimum absolute atomic E-state index is 0.133. The number of hydrogen-bond donors (Lipinski definition) is 0. The molecule has 3 nitrogen and oxygen atoms in total. The zero-order valence-electron chi connectivity index (χ0n) is 13.1. The van der Waals surface area contributed by atoms with Crippen molar-refractivity contribution >= 4 is 11.8 Å². The molecule has 0 amide bonds. The SMILES string of the molecule is CCCCCCC[C@@H]1CC(=O)C=C(C)[C@@H]1C(=O)OCC. The van der Waals surface area contributed by atoms with Crippen LogP contribution in [0, 0.1) is 11.8 Å². The summed E-state index contributed by atoms with van der Waals surface area (Å²) >= 11 is 0. The van der Waals surface area contributed by atoms with Gasteiger partial charge in [-0.2, -0.15) is 0 Å². The summed E-state index contributed by atoms with van der Waals surface area (Å²) in [5, 5.41) is 0. The maximum absolute atomic E-state index is 12.1. The maximum Gasteiger partial charge on any atom is 0.313 e. The van der Waals surface area contributed by atoms with Crippen molar-refractivity contribution in [3.63, 3.8) is 0 Å². The smallest absolute Gasteiger partial charge is 0.313 e. The van der Waals surface area contributed by atoms with Crippen molar-refractivity contribution in [3.05, 3.63) is 11.6 Å². The molecule has 1 rings (SSSR count). The van der Waals surface area contributed by atoms with Crippen LogP contribution >= 0.6 is 0 Å². The van der Waals surface area contributed by atoms with Crippen molar-refractivity contribution in [2.24, 2.45) is 11.8 Å². The third-order valence-corrected chi connectivity index (χ3v) is 4.03. The maximum atomic E-state index is 12.1. The predicted octanol–water partition coefficient (Wildman–Crippen LogP) is 4.06. The van der Waals surface area contributed by atoms with Crippen LogP contribution in [0.4, 0.5) is 0 Å². The summed E-state index contributed by atoms with van der Waals surface area (Å²) in [6.07, 6.45) is 9.10. The lowest BCUT2D eigenvalue weighted by molar-refractivity contribution is -0.149. The fourth-order valence-corrected chi connectivity index (χ4v) is 3.04. The first-order valence-corrected chi connectivity index (χ1v) is 7.97. The normalized spacial score (nSPS) is 22.6. The van der Waals surface area contributed by atoms with Gasteiger partial charge < -0.3 is 4.74 Å². The van der Waals surface area contributed by atoms with Crippen molar-refractivity contribution in [1.29, 1.82) is 0 Å². The van der Waals surface area contributed by atoms with Gasteiger partial charge in [-0.1, -0.05) is 44.6 Å². The first kappa shape index (κ1) is 16.9. The monoisotopic (exact) mass is 280 g/mol. The Kier molecular flexibility index (Phi) is 7.56. The van der Waals surface area contributed by atoms with E-state index in [1.54, 1.807) is 6.08 Å². The molecular weight excluding hydrogens is 252 g/mol. The molecule has 0 aromatic heterocycles. The number of ketones is 1. The fraction of sp³-hybridized carbons (Fsp3) is 0.765. The number of hydrogen-bond acceptors (Lipinski definition) is 3. The van der Waals surface area contributed by atoms with Crippen LogP contribution in [0.1, 0.15) is 65.7 Å². The lowest BCUT2D eigenvalue weighted by atomic mass is 9.76. The van der Waals surface area contributed by atoms with E-state index >= 15 is 0 Å². The van der Waals surface area contributed by atoms with Gasteiger partial charge in [0.25, 0.3) is 0 Å². The highest BCUT2D eigenvalue weighted by molar-refractivity contribution is 5.94. The average Bonchev–Trinajstić information content (AvgIpc) is 2.38. The van der Waals surface area contributed by atoms with Crippen LogP contribution in [-0.2, 0) is 14.3 Å². The Morgan fingerprint density at radius 1 is 1.25 bits per heavy atom. The first-order valence-electron chi connectivity index (χ1n) is 7.97. The summed E-state index contributed by atoms with van der Waals surface area (Å²) in [4.78, 5) is 23.8. The number of esters is 1. The minimum Gasteiger partial charge on any atom is -0.466 e. The Labute approximate surface area is 122 Å². The van der Waals surface area contributed by atoms with Crippen molar-refractivity contribution in [3.8, 4) is 0 Å². The molecule has 114 valence electrons. The molecule has 0 fully saturated rings. The Morgan fingerprint density at radius 2 is 1.95 bits per heavy atom. The van der Waals surface area contributed by atoms with Gasteiger partial charge in [-0.3, -0.25) is 9.59 Å². The summed E-state index contributed by atoms with van der Waals surface area (Å²) < 4.78 is 5.17. The van der Waals surface area contributed by atoms with Crippen molar-refractivity contribution in [2.45, 2.75) is 65.7 Å². The van der Waals surface area contributed by atoms with Gasteiger partial charge in [0.1, 0.15) is 0 Å². The summed E-state index contributed by atoms with van der Waals surface area (Å²) in [5.74, 6) is -0.0825. The molecule has 2 atom stereocenters. The van der Waals surface area contributed by atoms with E-state index in [0.717, 1.165) is 18.4 Å². The predicted molar refractivity (Wildman–Crippen MR) is 80.4 cm³/mol. The van der Waals surface area contributed by atoms with E-state index in [0.29, 0.717) is 13.0 Å². The lowest BCUT2D eigenvalue weighted by Gasteiger charge is -2.29. The van der Waals surface area contributed by atoms with Gasteiger partial charge in [-0.15, -0.1) is 0 Å². The first-order chi connectivity index (χ1) is 9.60. The zero-order chi connectivity index (χ0) is 15.0. The average molecular weight is 280 g/mol. The molecule has 0 saturated heterocycles. The molecule has 0 unspecified atom stereocenters. The molecule has 0 heterocycles. The van der Waals surface area contributed by atoms with Crippen LogP contribution in [0.2, 0.25) is 0 Å². The minimum atomic E-state index is -0.209. The molecule has 0 saturated carbocycles. The van der Waals surface area contributed by atoms with E-state index in [2.05, 4.69) is 6.92 Å².